The zero-order valence-corrected chi connectivity index (χ0v) is 10.7. The minimum absolute atomic E-state index is 0.236. The minimum Gasteiger partial charge on any atom is -0.370 e. The van der Waals surface area contributed by atoms with Crippen LogP contribution in [0.4, 0.5) is 8.78 Å². The van der Waals surface area contributed by atoms with Gasteiger partial charge in [0, 0.05) is 17.6 Å². The Balaban J connectivity index is 2.10. The molecule has 0 unspecified atom stereocenters. The van der Waals surface area contributed by atoms with Crippen LogP contribution in [-0.2, 0) is 6.54 Å². The summed E-state index contributed by atoms with van der Waals surface area (Å²) < 4.78 is 26.4. The van der Waals surface area contributed by atoms with Gasteiger partial charge in [-0.15, -0.1) is 0 Å². The third kappa shape index (κ3) is 2.74. The molecule has 0 amide bonds. The molecule has 92 valence electrons. The SMILES string of the molecule is NC(=NCc1cc(F)c(F)cc1Br)N1CCC1. The highest BCUT2D eigenvalue weighted by Gasteiger charge is 2.15. The molecule has 0 bridgehead atoms. The molecule has 1 fully saturated rings. The Morgan fingerprint density at radius 2 is 2.00 bits per heavy atom. The van der Waals surface area contributed by atoms with E-state index in [9.17, 15) is 8.78 Å². The van der Waals surface area contributed by atoms with Gasteiger partial charge in [-0.1, -0.05) is 15.9 Å². The second kappa shape index (κ2) is 5.00. The largest absolute Gasteiger partial charge is 0.370 e. The van der Waals surface area contributed by atoms with E-state index in [1.165, 1.54) is 0 Å². The van der Waals surface area contributed by atoms with Crippen LogP contribution in [0.1, 0.15) is 12.0 Å². The predicted octanol–water partition coefficient (Wildman–Crippen LogP) is 2.25. The summed E-state index contributed by atoms with van der Waals surface area (Å²) >= 11 is 3.17. The van der Waals surface area contributed by atoms with Crippen molar-refractivity contribution >= 4 is 21.9 Å². The Hall–Kier alpha value is -1.17. The molecule has 1 aromatic carbocycles. The number of guanidine groups is 1. The van der Waals surface area contributed by atoms with Gasteiger partial charge in [-0.2, -0.15) is 0 Å². The summed E-state index contributed by atoms with van der Waals surface area (Å²) in [7, 11) is 0. The highest BCUT2D eigenvalue weighted by molar-refractivity contribution is 9.10. The van der Waals surface area contributed by atoms with E-state index in [0.717, 1.165) is 31.6 Å². The maximum atomic E-state index is 13.0. The van der Waals surface area contributed by atoms with Gasteiger partial charge >= 0.3 is 0 Å². The zero-order chi connectivity index (χ0) is 12.4. The minimum atomic E-state index is -0.875. The van der Waals surface area contributed by atoms with Gasteiger partial charge < -0.3 is 10.6 Å². The number of benzene rings is 1. The van der Waals surface area contributed by atoms with E-state index in [2.05, 4.69) is 20.9 Å². The van der Waals surface area contributed by atoms with Crippen LogP contribution < -0.4 is 5.73 Å². The van der Waals surface area contributed by atoms with E-state index < -0.39 is 11.6 Å². The van der Waals surface area contributed by atoms with Gasteiger partial charge in [-0.25, -0.2) is 13.8 Å². The van der Waals surface area contributed by atoms with E-state index in [1.54, 1.807) is 0 Å². The van der Waals surface area contributed by atoms with Crippen LogP contribution in [0.5, 0.6) is 0 Å². The van der Waals surface area contributed by atoms with Crippen LogP contribution in [0, 0.1) is 11.6 Å². The summed E-state index contributed by atoms with van der Waals surface area (Å²) in [6, 6.07) is 2.23. The van der Waals surface area contributed by atoms with Gasteiger partial charge in [0.05, 0.1) is 6.54 Å². The molecule has 1 saturated heterocycles. The monoisotopic (exact) mass is 303 g/mol. The van der Waals surface area contributed by atoms with Crippen molar-refractivity contribution in [3.8, 4) is 0 Å². The molecule has 3 nitrogen and oxygen atoms in total. The summed E-state index contributed by atoms with van der Waals surface area (Å²) in [5.41, 5.74) is 6.31. The average Bonchev–Trinajstić information content (AvgIpc) is 2.19. The molecule has 17 heavy (non-hydrogen) atoms. The Kier molecular flexibility index (Phi) is 3.61. The van der Waals surface area contributed by atoms with Gasteiger partial charge in [0.2, 0.25) is 0 Å². The molecule has 2 rings (SSSR count). The van der Waals surface area contributed by atoms with Gasteiger partial charge in [0.15, 0.2) is 17.6 Å². The Labute approximate surface area is 106 Å². The van der Waals surface area contributed by atoms with E-state index >= 15 is 0 Å². The lowest BCUT2D eigenvalue weighted by molar-refractivity contribution is 0.295. The van der Waals surface area contributed by atoms with Crippen molar-refractivity contribution < 1.29 is 8.78 Å². The van der Waals surface area contributed by atoms with Crippen LogP contribution in [0.15, 0.2) is 21.6 Å². The third-order valence-electron chi connectivity index (χ3n) is 2.68. The molecular formula is C11H12BrF2N3. The van der Waals surface area contributed by atoms with Crippen molar-refractivity contribution in [1.29, 1.82) is 0 Å². The first-order valence-electron chi connectivity index (χ1n) is 5.26. The van der Waals surface area contributed by atoms with E-state index in [1.807, 2.05) is 4.90 Å². The van der Waals surface area contributed by atoms with Crippen molar-refractivity contribution in [2.24, 2.45) is 10.7 Å². The number of hydrogen-bond acceptors (Lipinski definition) is 1. The summed E-state index contributed by atoms with van der Waals surface area (Å²) in [6.45, 7) is 2.06. The van der Waals surface area contributed by atoms with Crippen LogP contribution in [0.3, 0.4) is 0 Å². The molecule has 2 N–H and O–H groups in total. The molecule has 1 aliphatic rings. The van der Waals surface area contributed by atoms with E-state index in [-0.39, 0.29) is 6.54 Å². The molecule has 1 aromatic rings. The van der Waals surface area contributed by atoms with Crippen molar-refractivity contribution in [3.63, 3.8) is 0 Å². The number of hydrogen-bond donors (Lipinski definition) is 1. The second-order valence-electron chi connectivity index (χ2n) is 3.87. The number of nitrogens with zero attached hydrogens (tertiary/aromatic N) is 2. The fourth-order valence-corrected chi connectivity index (χ4v) is 1.94. The lowest BCUT2D eigenvalue weighted by Gasteiger charge is -2.31. The lowest BCUT2D eigenvalue weighted by atomic mass is 10.2. The molecule has 0 aliphatic carbocycles. The quantitative estimate of drug-likeness (QED) is 0.517. The highest BCUT2D eigenvalue weighted by Crippen LogP contribution is 2.21. The summed E-state index contributed by atoms with van der Waals surface area (Å²) in [5.74, 6) is -1.30. The molecular weight excluding hydrogens is 292 g/mol. The second-order valence-corrected chi connectivity index (χ2v) is 4.73. The van der Waals surface area contributed by atoms with Crippen LogP contribution in [0.25, 0.3) is 0 Å². The standard InChI is InChI=1S/C11H12BrF2N3/c12-8-5-10(14)9(13)4-7(8)6-16-11(15)17-2-1-3-17/h4-5H,1-3,6H2,(H2,15,16). The molecule has 0 atom stereocenters. The maximum Gasteiger partial charge on any atom is 0.191 e. The van der Waals surface area contributed by atoms with Crippen molar-refractivity contribution in [2.75, 3.05) is 13.1 Å². The first kappa shape index (κ1) is 12.3. The predicted molar refractivity (Wildman–Crippen MR) is 65.6 cm³/mol. The molecule has 1 aliphatic heterocycles. The molecule has 0 aromatic heterocycles. The van der Waals surface area contributed by atoms with Gasteiger partial charge in [-0.3, -0.25) is 0 Å². The Bertz CT molecular complexity index is 458. The number of aliphatic imine (C=N–C) groups is 1. The van der Waals surface area contributed by atoms with Crippen molar-refractivity contribution in [1.82, 2.24) is 4.90 Å². The molecule has 6 heteroatoms. The highest BCUT2D eigenvalue weighted by atomic mass is 79.9. The molecule has 0 spiro atoms. The number of rotatable bonds is 2. The number of nitrogens with two attached hydrogens (primary N) is 1. The van der Waals surface area contributed by atoms with Crippen LogP contribution >= 0.6 is 15.9 Å². The summed E-state index contributed by atoms with van der Waals surface area (Å²) in [4.78, 5) is 6.09. The summed E-state index contributed by atoms with van der Waals surface area (Å²) in [5, 5.41) is 0. The maximum absolute atomic E-state index is 13.0. The molecule has 1 heterocycles. The van der Waals surface area contributed by atoms with Gasteiger partial charge in [0.1, 0.15) is 0 Å². The number of halogens is 3. The fourth-order valence-electron chi connectivity index (χ4n) is 1.50. The topological polar surface area (TPSA) is 41.6 Å². The number of likely N-dealkylation sites (tertiary alicyclic amines) is 1. The first-order valence-corrected chi connectivity index (χ1v) is 6.05. The van der Waals surface area contributed by atoms with Crippen LogP contribution in [0.2, 0.25) is 0 Å². The fraction of sp³-hybridized carbons (Fsp3) is 0.364. The summed E-state index contributed by atoms with van der Waals surface area (Å²) in [6.07, 6.45) is 1.12. The Morgan fingerprint density at radius 3 is 2.59 bits per heavy atom. The van der Waals surface area contributed by atoms with Crippen molar-refractivity contribution in [2.45, 2.75) is 13.0 Å². The van der Waals surface area contributed by atoms with E-state index in [0.29, 0.717) is 16.0 Å². The zero-order valence-electron chi connectivity index (χ0n) is 9.09. The smallest absolute Gasteiger partial charge is 0.191 e. The molecule has 0 saturated carbocycles. The normalized spacial score (nSPS) is 15.9. The first-order chi connectivity index (χ1) is 8.08. The van der Waals surface area contributed by atoms with E-state index in [4.69, 9.17) is 5.73 Å². The molecule has 0 radical (unpaired) electrons. The van der Waals surface area contributed by atoms with Crippen molar-refractivity contribution in [3.05, 3.63) is 33.8 Å². The van der Waals surface area contributed by atoms with Crippen LogP contribution in [-0.4, -0.2) is 23.9 Å². The van der Waals surface area contributed by atoms with Gasteiger partial charge in [0.25, 0.3) is 0 Å². The third-order valence-corrected chi connectivity index (χ3v) is 3.42. The van der Waals surface area contributed by atoms with Gasteiger partial charge in [-0.05, 0) is 24.1 Å². The lowest BCUT2D eigenvalue weighted by Crippen LogP contribution is -2.46. The average molecular weight is 304 g/mol. The Morgan fingerprint density at radius 1 is 1.35 bits per heavy atom.